The molecule has 1 aliphatic carbocycles. The van der Waals surface area contributed by atoms with Crippen LogP contribution >= 0.6 is 0 Å². The summed E-state index contributed by atoms with van der Waals surface area (Å²) in [4.78, 5) is 18.7. The van der Waals surface area contributed by atoms with Gasteiger partial charge >= 0.3 is 6.03 Å². The molecule has 1 aromatic heterocycles. The van der Waals surface area contributed by atoms with E-state index in [2.05, 4.69) is 10.3 Å². The van der Waals surface area contributed by atoms with Crippen LogP contribution in [0.5, 0.6) is 0 Å². The molecule has 0 radical (unpaired) electrons. The number of benzene rings is 1. The van der Waals surface area contributed by atoms with E-state index < -0.39 is 5.60 Å². The van der Waals surface area contributed by atoms with Crippen LogP contribution in [0.2, 0.25) is 0 Å². The highest BCUT2D eigenvalue weighted by Gasteiger charge is 2.34. The Bertz CT molecular complexity index is 670. The minimum absolute atomic E-state index is 0.171. The van der Waals surface area contributed by atoms with Crippen LogP contribution in [-0.2, 0) is 13.1 Å². The maximum absolute atomic E-state index is 12.7. The average Bonchev–Trinajstić information content (AvgIpc) is 3.07. The van der Waals surface area contributed by atoms with Crippen LogP contribution < -0.4 is 5.32 Å². The normalized spacial score (nSPS) is 15.7. The number of rotatable bonds is 6. The molecule has 0 saturated heterocycles. The topological polar surface area (TPSA) is 65.5 Å². The van der Waals surface area contributed by atoms with Crippen LogP contribution in [0.1, 0.15) is 36.9 Å². The van der Waals surface area contributed by atoms with E-state index in [-0.39, 0.29) is 6.03 Å². The molecule has 132 valence electrons. The molecule has 0 unspecified atom stereocenters. The standard InChI is InChI=1S/C20H25N3O2/c24-19(22-14-18-10-4-7-13-21-18)23(15-17-8-2-1-3-9-17)16-20(25)11-5-6-12-20/h1-4,7-10,13,25H,5-6,11-12,14-16H2,(H,22,24). The third-order valence-corrected chi connectivity index (χ3v) is 4.67. The molecule has 3 rings (SSSR count). The largest absolute Gasteiger partial charge is 0.388 e. The van der Waals surface area contributed by atoms with E-state index in [1.54, 1.807) is 11.1 Å². The number of pyridine rings is 1. The summed E-state index contributed by atoms with van der Waals surface area (Å²) < 4.78 is 0. The van der Waals surface area contributed by atoms with Gasteiger partial charge in [0.25, 0.3) is 0 Å². The molecule has 25 heavy (non-hydrogen) atoms. The van der Waals surface area contributed by atoms with Crippen molar-refractivity contribution in [3.63, 3.8) is 0 Å². The van der Waals surface area contributed by atoms with Gasteiger partial charge in [0.05, 0.1) is 24.4 Å². The van der Waals surface area contributed by atoms with Gasteiger partial charge in [0, 0.05) is 12.7 Å². The van der Waals surface area contributed by atoms with Crippen LogP contribution in [0.25, 0.3) is 0 Å². The predicted octanol–water partition coefficient (Wildman–Crippen LogP) is 3.10. The molecule has 1 fully saturated rings. The van der Waals surface area contributed by atoms with E-state index in [4.69, 9.17) is 0 Å². The fourth-order valence-corrected chi connectivity index (χ4v) is 3.33. The molecule has 0 bridgehead atoms. The summed E-state index contributed by atoms with van der Waals surface area (Å²) >= 11 is 0. The number of nitrogens with zero attached hydrogens (tertiary/aromatic N) is 2. The zero-order valence-electron chi connectivity index (χ0n) is 14.4. The van der Waals surface area contributed by atoms with Crippen molar-refractivity contribution in [3.05, 3.63) is 66.0 Å². The Morgan fingerprint density at radius 1 is 1.12 bits per heavy atom. The van der Waals surface area contributed by atoms with Gasteiger partial charge in [-0.1, -0.05) is 49.2 Å². The van der Waals surface area contributed by atoms with E-state index in [0.29, 0.717) is 19.6 Å². The second-order valence-corrected chi connectivity index (χ2v) is 6.75. The summed E-state index contributed by atoms with van der Waals surface area (Å²) in [5, 5.41) is 13.7. The van der Waals surface area contributed by atoms with Gasteiger partial charge < -0.3 is 15.3 Å². The highest BCUT2D eigenvalue weighted by molar-refractivity contribution is 5.74. The number of urea groups is 1. The monoisotopic (exact) mass is 339 g/mol. The van der Waals surface area contributed by atoms with E-state index >= 15 is 0 Å². The Kier molecular flexibility index (Phi) is 5.66. The molecule has 1 aliphatic rings. The van der Waals surface area contributed by atoms with Crippen molar-refractivity contribution in [1.82, 2.24) is 15.2 Å². The van der Waals surface area contributed by atoms with Crippen molar-refractivity contribution in [2.24, 2.45) is 0 Å². The first kappa shape index (κ1) is 17.4. The molecule has 2 aromatic rings. The first-order valence-electron chi connectivity index (χ1n) is 8.84. The van der Waals surface area contributed by atoms with Crippen molar-refractivity contribution in [2.75, 3.05) is 6.54 Å². The summed E-state index contributed by atoms with van der Waals surface area (Å²) in [6.45, 7) is 1.22. The van der Waals surface area contributed by atoms with Crippen LogP contribution in [0.4, 0.5) is 4.79 Å². The van der Waals surface area contributed by atoms with E-state index in [0.717, 1.165) is 36.9 Å². The molecule has 0 aliphatic heterocycles. The SMILES string of the molecule is O=C(NCc1ccccn1)N(Cc1ccccc1)CC1(O)CCCC1. The van der Waals surface area contributed by atoms with Crippen molar-refractivity contribution >= 4 is 6.03 Å². The molecule has 5 nitrogen and oxygen atoms in total. The predicted molar refractivity (Wildman–Crippen MR) is 96.7 cm³/mol. The molecule has 1 saturated carbocycles. The maximum atomic E-state index is 12.7. The maximum Gasteiger partial charge on any atom is 0.318 e. The summed E-state index contributed by atoms with van der Waals surface area (Å²) in [6.07, 6.45) is 5.26. The fourth-order valence-electron chi connectivity index (χ4n) is 3.33. The zero-order valence-corrected chi connectivity index (χ0v) is 14.4. The highest BCUT2D eigenvalue weighted by Crippen LogP contribution is 2.30. The van der Waals surface area contributed by atoms with Gasteiger partial charge in [0.15, 0.2) is 0 Å². The van der Waals surface area contributed by atoms with E-state index in [1.165, 1.54) is 0 Å². The van der Waals surface area contributed by atoms with Crippen molar-refractivity contribution in [2.45, 2.75) is 44.4 Å². The van der Waals surface area contributed by atoms with Gasteiger partial charge in [0.2, 0.25) is 0 Å². The minimum Gasteiger partial charge on any atom is -0.388 e. The van der Waals surface area contributed by atoms with Crippen molar-refractivity contribution in [1.29, 1.82) is 0 Å². The van der Waals surface area contributed by atoms with Crippen molar-refractivity contribution < 1.29 is 9.90 Å². The van der Waals surface area contributed by atoms with Gasteiger partial charge in [-0.15, -0.1) is 0 Å². The molecular weight excluding hydrogens is 314 g/mol. The van der Waals surface area contributed by atoms with Crippen molar-refractivity contribution in [3.8, 4) is 0 Å². The summed E-state index contributed by atoms with van der Waals surface area (Å²) in [6, 6.07) is 15.3. The van der Waals surface area contributed by atoms with Crippen LogP contribution in [0, 0.1) is 0 Å². The number of hydrogen-bond donors (Lipinski definition) is 2. The number of aliphatic hydroxyl groups is 1. The zero-order chi connectivity index (χ0) is 17.5. The number of hydrogen-bond acceptors (Lipinski definition) is 3. The number of amides is 2. The van der Waals surface area contributed by atoms with Gasteiger partial charge in [-0.2, -0.15) is 0 Å². The van der Waals surface area contributed by atoms with Crippen LogP contribution in [-0.4, -0.2) is 33.2 Å². The number of carbonyl (C=O) groups is 1. The molecule has 5 heteroatoms. The summed E-state index contributed by atoms with van der Waals surface area (Å²) in [5.74, 6) is 0. The quantitative estimate of drug-likeness (QED) is 0.850. The summed E-state index contributed by atoms with van der Waals surface area (Å²) in [5.41, 5.74) is 1.10. The highest BCUT2D eigenvalue weighted by atomic mass is 16.3. The molecular formula is C20H25N3O2. The minimum atomic E-state index is -0.767. The Hall–Kier alpha value is -2.40. The van der Waals surface area contributed by atoms with Crippen LogP contribution in [0.15, 0.2) is 54.7 Å². The second-order valence-electron chi connectivity index (χ2n) is 6.75. The summed E-state index contributed by atoms with van der Waals surface area (Å²) in [7, 11) is 0. The Morgan fingerprint density at radius 2 is 1.84 bits per heavy atom. The van der Waals surface area contributed by atoms with E-state index in [9.17, 15) is 9.90 Å². The number of aromatic nitrogens is 1. The number of carbonyl (C=O) groups excluding carboxylic acids is 1. The molecule has 1 heterocycles. The molecule has 1 aromatic carbocycles. The molecule has 0 spiro atoms. The Morgan fingerprint density at radius 3 is 2.52 bits per heavy atom. The Labute approximate surface area is 148 Å². The fraction of sp³-hybridized carbons (Fsp3) is 0.400. The number of nitrogens with one attached hydrogen (secondary N) is 1. The van der Waals surface area contributed by atoms with Gasteiger partial charge in [0.1, 0.15) is 0 Å². The smallest absolute Gasteiger partial charge is 0.318 e. The lowest BCUT2D eigenvalue weighted by molar-refractivity contribution is 0.0175. The van der Waals surface area contributed by atoms with Crippen LogP contribution in [0.3, 0.4) is 0 Å². The molecule has 0 atom stereocenters. The van der Waals surface area contributed by atoms with Gasteiger partial charge in [-0.25, -0.2) is 4.79 Å². The van der Waals surface area contributed by atoms with Gasteiger partial charge in [-0.05, 0) is 30.5 Å². The third kappa shape index (κ3) is 5.03. The first-order chi connectivity index (χ1) is 12.1. The lowest BCUT2D eigenvalue weighted by Gasteiger charge is -2.31. The molecule has 2 N–H and O–H groups in total. The first-order valence-corrected chi connectivity index (χ1v) is 8.84. The average molecular weight is 339 g/mol. The lowest BCUT2D eigenvalue weighted by atomic mass is 10.0. The lowest BCUT2D eigenvalue weighted by Crippen LogP contribution is -2.47. The Balaban J connectivity index is 1.67. The third-order valence-electron chi connectivity index (χ3n) is 4.67. The van der Waals surface area contributed by atoms with E-state index in [1.807, 2.05) is 48.5 Å². The second kappa shape index (κ2) is 8.12. The molecule has 2 amide bonds. The van der Waals surface area contributed by atoms with Gasteiger partial charge in [-0.3, -0.25) is 4.98 Å².